The molecule has 35 heavy (non-hydrogen) atoms. The molecular weight excluding hydrogens is 517 g/mol. The minimum absolute atomic E-state index is 0.0968. The molecule has 0 aliphatic heterocycles. The Morgan fingerprint density at radius 2 is 1.57 bits per heavy atom. The van der Waals surface area contributed by atoms with Gasteiger partial charge in [0, 0.05) is 18.9 Å². The second-order valence-corrected chi connectivity index (χ2v) is 8.79. The van der Waals surface area contributed by atoms with Gasteiger partial charge in [-0.05, 0) is 25.3 Å². The first-order valence-corrected chi connectivity index (χ1v) is 11.1. The maximum Gasteiger partial charge on any atom is 0.464 e. The summed E-state index contributed by atoms with van der Waals surface area (Å²) in [5, 5.41) is -5.85. The van der Waals surface area contributed by atoms with E-state index in [1.54, 1.807) is 6.92 Å². The number of ketones is 1. The molecule has 1 rings (SSSR count). The number of unbranched alkanes of at least 4 members (excludes halogenated alkanes) is 1. The Hall–Kier alpha value is -2.52. The highest BCUT2D eigenvalue weighted by Gasteiger charge is 2.66. The van der Waals surface area contributed by atoms with E-state index in [-0.39, 0.29) is 5.56 Å². The molecule has 0 heterocycles. The molecule has 198 valence electrons. The van der Waals surface area contributed by atoms with Gasteiger partial charge in [-0.2, -0.15) is 39.2 Å². The largest absolute Gasteiger partial charge is 0.464 e. The second kappa shape index (κ2) is 11.0. The molecule has 1 unspecified atom stereocenters. The first kappa shape index (κ1) is 30.5. The predicted molar refractivity (Wildman–Crippen MR) is 106 cm³/mol. The zero-order valence-electron chi connectivity index (χ0n) is 18.1. The molecule has 1 aromatic carbocycles. The van der Waals surface area contributed by atoms with Gasteiger partial charge in [-0.3, -0.25) is 9.35 Å². The van der Waals surface area contributed by atoms with Crippen LogP contribution in [-0.2, 0) is 35.6 Å². The van der Waals surface area contributed by atoms with Crippen LogP contribution < -0.4 is 0 Å². The molecule has 1 N–H and O–H groups in total. The number of esters is 1. The normalized spacial score (nSPS) is 14.8. The third kappa shape index (κ3) is 7.24. The summed E-state index contributed by atoms with van der Waals surface area (Å²) in [7, 11) is -6.48. The Kier molecular flexibility index (Phi) is 9.62. The fourth-order valence-electron chi connectivity index (χ4n) is 2.65. The lowest BCUT2D eigenvalue weighted by Gasteiger charge is -2.33. The molecule has 7 nitrogen and oxygen atoms in total. The maximum absolute atomic E-state index is 13.9. The van der Waals surface area contributed by atoms with Gasteiger partial charge < -0.3 is 9.47 Å². The number of carbonyl (C=O) groups is 2. The number of rotatable bonds is 13. The van der Waals surface area contributed by atoms with Gasteiger partial charge in [0.05, 0.1) is 6.61 Å². The molecule has 0 aromatic heterocycles. The van der Waals surface area contributed by atoms with Crippen LogP contribution in [0.2, 0.25) is 0 Å². The number of hydrogen-bond acceptors (Lipinski definition) is 6. The van der Waals surface area contributed by atoms with E-state index in [9.17, 15) is 48.7 Å². The maximum atomic E-state index is 13.9. The van der Waals surface area contributed by atoms with E-state index >= 15 is 0 Å². The van der Waals surface area contributed by atoms with Crippen molar-refractivity contribution in [2.24, 2.45) is 0 Å². The van der Waals surface area contributed by atoms with Crippen LogP contribution in [-0.4, -0.2) is 54.5 Å². The Morgan fingerprint density at radius 3 is 2.03 bits per heavy atom. The summed E-state index contributed by atoms with van der Waals surface area (Å²) >= 11 is 0. The molecule has 1 aromatic rings. The number of benzene rings is 1. The minimum Gasteiger partial charge on any atom is -0.413 e. The van der Waals surface area contributed by atoms with E-state index in [1.807, 2.05) is 0 Å². The van der Waals surface area contributed by atoms with Gasteiger partial charge in [0.25, 0.3) is 0 Å². The van der Waals surface area contributed by atoms with Crippen LogP contribution in [0, 0.1) is 6.92 Å². The zero-order valence-corrected chi connectivity index (χ0v) is 18.9. The van der Waals surface area contributed by atoms with Crippen LogP contribution in [0.5, 0.6) is 0 Å². The van der Waals surface area contributed by atoms with Crippen molar-refractivity contribution >= 4 is 21.9 Å². The summed E-state index contributed by atoms with van der Waals surface area (Å²) in [6, 6.07) is 5.66. The highest BCUT2D eigenvalue weighted by molar-refractivity contribution is 7.87. The van der Waals surface area contributed by atoms with Crippen molar-refractivity contribution in [1.82, 2.24) is 0 Å². The first-order chi connectivity index (χ1) is 15.8. The molecule has 1 atom stereocenters. The summed E-state index contributed by atoms with van der Waals surface area (Å²) in [6.07, 6.45) is -9.95. The van der Waals surface area contributed by atoms with E-state index in [1.165, 1.54) is 24.3 Å². The third-order valence-corrected chi connectivity index (χ3v) is 5.52. The minimum atomic E-state index is -6.48. The van der Waals surface area contributed by atoms with E-state index in [4.69, 9.17) is 4.55 Å². The predicted octanol–water partition coefficient (Wildman–Crippen LogP) is 4.40. The number of carbonyl (C=O) groups excluding carboxylic acids is 2. The van der Waals surface area contributed by atoms with Crippen molar-refractivity contribution in [2.45, 2.75) is 55.7 Å². The molecule has 0 radical (unpaired) electrons. The lowest BCUT2D eigenvalue weighted by molar-refractivity contribution is -0.345. The van der Waals surface area contributed by atoms with Crippen molar-refractivity contribution in [1.29, 1.82) is 0 Å². The van der Waals surface area contributed by atoms with Crippen LogP contribution in [0.3, 0.4) is 0 Å². The molecule has 0 saturated heterocycles. The van der Waals surface area contributed by atoms with Gasteiger partial charge in [0.2, 0.25) is 5.78 Å². The molecule has 15 heteroatoms. The molecule has 0 fully saturated rings. The van der Waals surface area contributed by atoms with Gasteiger partial charge in [0.1, 0.15) is 0 Å². The van der Waals surface area contributed by atoms with Crippen molar-refractivity contribution in [3.05, 3.63) is 48.0 Å². The molecule has 0 bridgehead atoms. The lowest BCUT2D eigenvalue weighted by Crippen LogP contribution is -2.58. The second-order valence-electron chi connectivity index (χ2n) is 7.33. The lowest BCUT2D eigenvalue weighted by atomic mass is 10.0. The number of aryl methyl sites for hydroxylation is 1. The van der Waals surface area contributed by atoms with E-state index in [0.717, 1.165) is 5.56 Å². The van der Waals surface area contributed by atoms with Gasteiger partial charge in [-0.25, -0.2) is 4.79 Å². The van der Waals surface area contributed by atoms with E-state index in [2.05, 4.69) is 16.1 Å². The molecule has 0 amide bonds. The molecule has 0 spiro atoms. The highest BCUT2D eigenvalue weighted by Crippen LogP contribution is 2.42. The molecule has 0 aliphatic carbocycles. The monoisotopic (exact) mass is 538 g/mol. The quantitative estimate of drug-likeness (QED) is 0.0991. The Bertz CT molecular complexity index is 1020. The van der Waals surface area contributed by atoms with Gasteiger partial charge >= 0.3 is 39.2 Å². The summed E-state index contributed by atoms with van der Waals surface area (Å²) in [4.78, 5) is 24.2. The summed E-state index contributed by atoms with van der Waals surface area (Å²) < 4.78 is 133. The summed E-state index contributed by atoms with van der Waals surface area (Å²) in [6.45, 7) is 3.42. The third-order valence-electron chi connectivity index (χ3n) is 4.58. The highest BCUT2D eigenvalue weighted by atomic mass is 32.2. The van der Waals surface area contributed by atoms with Gasteiger partial charge in [-0.1, -0.05) is 36.4 Å². The van der Waals surface area contributed by atoms with E-state index in [0.29, 0.717) is 6.08 Å². The Morgan fingerprint density at radius 1 is 1.03 bits per heavy atom. The summed E-state index contributed by atoms with van der Waals surface area (Å²) in [5.41, 5.74) is 0.827. The topological polar surface area (TPSA) is 107 Å². The number of halogens is 7. The Labute approximate surface area is 195 Å². The van der Waals surface area contributed by atoms with Gasteiger partial charge in [0.15, 0.2) is 0 Å². The number of hydrogen-bond donors (Lipinski definition) is 1. The van der Waals surface area contributed by atoms with Crippen molar-refractivity contribution in [2.75, 3.05) is 6.61 Å². The zero-order chi connectivity index (χ0) is 27.3. The van der Waals surface area contributed by atoms with Crippen LogP contribution in [0.4, 0.5) is 30.7 Å². The van der Waals surface area contributed by atoms with Crippen LogP contribution in [0.15, 0.2) is 36.9 Å². The fourth-order valence-corrected chi connectivity index (χ4v) is 3.13. The fraction of sp³-hybridized carbons (Fsp3) is 0.500. The van der Waals surface area contributed by atoms with Crippen molar-refractivity contribution in [3.8, 4) is 0 Å². The number of Topliss-reactive ketones (excluding diaryl/α,β-unsaturated/α-hetero) is 1. The number of alkyl halides is 7. The van der Waals surface area contributed by atoms with Crippen molar-refractivity contribution in [3.63, 3.8) is 0 Å². The van der Waals surface area contributed by atoms with Crippen LogP contribution in [0.1, 0.15) is 30.4 Å². The van der Waals surface area contributed by atoms with E-state index < -0.39 is 77.3 Å². The summed E-state index contributed by atoms with van der Waals surface area (Å²) in [5.74, 6) is -12.9. The molecule has 0 aliphatic rings. The smallest absolute Gasteiger partial charge is 0.413 e. The van der Waals surface area contributed by atoms with Crippen LogP contribution >= 0.6 is 0 Å². The Balaban J connectivity index is 3.06. The molecule has 0 saturated carbocycles. The SMILES string of the molecule is C=CC(=O)OC(OCCCCC(F)(F)C(F)(F)S(=O)(=O)O)(C(=O)Cc1ccc(C)cc1)C(F)(F)F. The number of ether oxygens (including phenoxy) is 2. The first-order valence-electron chi connectivity index (χ1n) is 9.68. The standard InChI is InChI=1S/C20H21F7O7S/c1-3-16(29)34-18(19(23,24)25,15(28)12-14-8-6-13(2)7-9-14)33-11-5-4-10-17(21,22)20(26,27)35(30,31)32/h3,6-9H,1,4-5,10-12H2,2H3,(H,30,31,32). The van der Waals surface area contributed by atoms with Crippen molar-refractivity contribution < 1.29 is 62.8 Å². The van der Waals surface area contributed by atoms with Crippen LogP contribution in [0.25, 0.3) is 0 Å². The van der Waals surface area contributed by atoms with Gasteiger partial charge in [-0.15, -0.1) is 0 Å². The average molecular weight is 538 g/mol. The molecular formula is C20H21F7O7S. The average Bonchev–Trinajstić information content (AvgIpc) is 2.72.